The number of aryl methyl sites for hydroxylation is 2. The number of amides is 1. The van der Waals surface area contributed by atoms with Crippen molar-refractivity contribution in [2.75, 3.05) is 29.9 Å². The van der Waals surface area contributed by atoms with E-state index < -0.39 is 28.5 Å². The third-order valence-corrected chi connectivity index (χ3v) is 7.76. The van der Waals surface area contributed by atoms with E-state index in [4.69, 9.17) is 9.47 Å². The molecule has 3 aromatic rings. The number of carbonyl (C=O) groups excluding carboxylic acids is 2. The van der Waals surface area contributed by atoms with Crippen LogP contribution in [0, 0.1) is 13.8 Å². The van der Waals surface area contributed by atoms with E-state index in [0.29, 0.717) is 24.3 Å². The lowest BCUT2D eigenvalue weighted by molar-refractivity contribution is -0.119. The molecule has 8 nitrogen and oxygen atoms in total. The molecule has 1 amide bonds. The zero-order valence-corrected chi connectivity index (χ0v) is 20.5. The number of nitrogens with zero attached hydrogens (tertiary/aromatic N) is 1. The average molecular weight is 495 g/mol. The number of nitrogens with one attached hydrogen (secondary N) is 1. The molecule has 0 spiro atoms. The summed E-state index contributed by atoms with van der Waals surface area (Å²) in [7, 11) is -2.56. The number of anilines is 2. The predicted octanol–water partition coefficient (Wildman–Crippen LogP) is 3.86. The standard InChI is InChI=1S/C26H26N2O6S/c1-17-8-9-20(14-18(17)2)27-25(29)16-34-26(30)22-15-21(10-11-24(22)33-3)35(31,32)28-13-12-19-6-4-5-7-23(19)28/h4-11,14-15H,12-13,16H2,1-3H3,(H,27,29). The smallest absolute Gasteiger partial charge is 0.342 e. The minimum Gasteiger partial charge on any atom is -0.496 e. The van der Waals surface area contributed by atoms with Gasteiger partial charge in [-0.05, 0) is 73.4 Å². The van der Waals surface area contributed by atoms with Crippen LogP contribution in [0.2, 0.25) is 0 Å². The van der Waals surface area contributed by atoms with Crippen LogP contribution >= 0.6 is 0 Å². The number of hydrogen-bond donors (Lipinski definition) is 1. The fourth-order valence-electron chi connectivity index (χ4n) is 3.92. The van der Waals surface area contributed by atoms with Crippen LogP contribution in [0.15, 0.2) is 65.6 Å². The lowest BCUT2D eigenvalue weighted by Crippen LogP contribution is -2.29. The molecule has 0 atom stereocenters. The molecule has 0 radical (unpaired) electrons. The van der Waals surface area contributed by atoms with E-state index in [1.54, 1.807) is 18.2 Å². The van der Waals surface area contributed by atoms with Crippen LogP contribution in [0.1, 0.15) is 27.0 Å². The molecule has 0 unspecified atom stereocenters. The molecule has 35 heavy (non-hydrogen) atoms. The largest absolute Gasteiger partial charge is 0.496 e. The Kier molecular flexibility index (Phi) is 6.79. The first-order valence-corrected chi connectivity index (χ1v) is 12.5. The van der Waals surface area contributed by atoms with E-state index in [9.17, 15) is 18.0 Å². The number of rotatable bonds is 7. The Labute approximate surface area is 204 Å². The number of fused-ring (bicyclic) bond motifs is 1. The Morgan fingerprint density at radius 3 is 2.51 bits per heavy atom. The van der Waals surface area contributed by atoms with Gasteiger partial charge in [0.2, 0.25) is 0 Å². The Morgan fingerprint density at radius 2 is 1.77 bits per heavy atom. The zero-order chi connectivity index (χ0) is 25.2. The minimum absolute atomic E-state index is 0.0680. The number of para-hydroxylation sites is 1. The number of benzene rings is 3. The molecule has 1 N–H and O–H groups in total. The quantitative estimate of drug-likeness (QED) is 0.501. The topological polar surface area (TPSA) is 102 Å². The number of methoxy groups -OCH3 is 1. The third-order valence-electron chi connectivity index (χ3n) is 5.95. The second-order valence-corrected chi connectivity index (χ2v) is 10.1. The van der Waals surface area contributed by atoms with Gasteiger partial charge in [-0.15, -0.1) is 0 Å². The summed E-state index contributed by atoms with van der Waals surface area (Å²) < 4.78 is 38.5. The van der Waals surface area contributed by atoms with Gasteiger partial charge in [0.25, 0.3) is 15.9 Å². The summed E-state index contributed by atoms with van der Waals surface area (Å²) in [5.41, 5.74) is 4.18. The van der Waals surface area contributed by atoms with Crippen LogP contribution in [0.3, 0.4) is 0 Å². The lowest BCUT2D eigenvalue weighted by Gasteiger charge is -2.20. The Balaban J connectivity index is 1.51. The monoisotopic (exact) mass is 494 g/mol. The third kappa shape index (κ3) is 5.00. The first kappa shape index (κ1) is 24.3. The molecule has 0 saturated heterocycles. The van der Waals surface area contributed by atoms with Crippen molar-refractivity contribution in [2.24, 2.45) is 0 Å². The highest BCUT2D eigenvalue weighted by atomic mass is 32.2. The van der Waals surface area contributed by atoms with E-state index >= 15 is 0 Å². The van der Waals surface area contributed by atoms with Crippen molar-refractivity contribution < 1.29 is 27.5 Å². The molecule has 1 aliphatic rings. The normalized spacial score (nSPS) is 12.7. The van der Waals surface area contributed by atoms with Crippen molar-refractivity contribution in [2.45, 2.75) is 25.2 Å². The number of carbonyl (C=O) groups is 2. The number of sulfonamides is 1. The maximum atomic E-state index is 13.4. The van der Waals surface area contributed by atoms with Crippen molar-refractivity contribution in [3.63, 3.8) is 0 Å². The molecule has 3 aromatic carbocycles. The van der Waals surface area contributed by atoms with Crippen molar-refractivity contribution in [3.8, 4) is 5.75 Å². The van der Waals surface area contributed by atoms with Gasteiger partial charge in [0, 0.05) is 12.2 Å². The number of esters is 1. The second-order valence-electron chi connectivity index (χ2n) is 8.24. The van der Waals surface area contributed by atoms with Crippen molar-refractivity contribution in [1.82, 2.24) is 0 Å². The highest BCUT2D eigenvalue weighted by molar-refractivity contribution is 7.92. The van der Waals surface area contributed by atoms with Crippen molar-refractivity contribution in [3.05, 3.63) is 82.9 Å². The SMILES string of the molecule is COc1ccc(S(=O)(=O)N2CCc3ccccc32)cc1C(=O)OCC(=O)Nc1ccc(C)c(C)c1. The molecule has 0 aromatic heterocycles. The first-order valence-electron chi connectivity index (χ1n) is 11.0. The summed E-state index contributed by atoms with van der Waals surface area (Å²) in [5.74, 6) is -1.24. The summed E-state index contributed by atoms with van der Waals surface area (Å²) in [4.78, 5) is 25.0. The fourth-order valence-corrected chi connectivity index (χ4v) is 5.45. The summed E-state index contributed by atoms with van der Waals surface area (Å²) in [5, 5.41) is 2.68. The summed E-state index contributed by atoms with van der Waals surface area (Å²) in [6, 6.07) is 16.8. The summed E-state index contributed by atoms with van der Waals surface area (Å²) >= 11 is 0. The molecule has 182 valence electrons. The van der Waals surface area contributed by atoms with Crippen LogP contribution in [0.5, 0.6) is 5.75 Å². The molecule has 0 fully saturated rings. The van der Waals surface area contributed by atoms with Crippen molar-refractivity contribution >= 4 is 33.3 Å². The molecule has 0 saturated carbocycles. The molecule has 1 aliphatic heterocycles. The van der Waals surface area contributed by atoms with Gasteiger partial charge in [-0.1, -0.05) is 24.3 Å². The van der Waals surface area contributed by atoms with Crippen molar-refractivity contribution in [1.29, 1.82) is 0 Å². The lowest BCUT2D eigenvalue weighted by atomic mass is 10.1. The van der Waals surface area contributed by atoms with Crippen LogP contribution in [0.25, 0.3) is 0 Å². The van der Waals surface area contributed by atoms with E-state index in [2.05, 4.69) is 5.32 Å². The molecule has 0 aliphatic carbocycles. The van der Waals surface area contributed by atoms with Crippen LogP contribution in [-0.2, 0) is 26.0 Å². The molecular weight excluding hydrogens is 468 g/mol. The zero-order valence-electron chi connectivity index (χ0n) is 19.7. The van der Waals surface area contributed by atoms with Gasteiger partial charge in [-0.25, -0.2) is 13.2 Å². The van der Waals surface area contributed by atoms with Crippen LogP contribution < -0.4 is 14.4 Å². The van der Waals surface area contributed by atoms with Gasteiger partial charge in [-0.3, -0.25) is 9.10 Å². The molecular formula is C26H26N2O6S. The highest BCUT2D eigenvalue weighted by Gasteiger charge is 2.32. The van der Waals surface area contributed by atoms with Gasteiger partial charge in [-0.2, -0.15) is 0 Å². The van der Waals surface area contributed by atoms with Gasteiger partial charge < -0.3 is 14.8 Å². The maximum absolute atomic E-state index is 13.4. The van der Waals surface area contributed by atoms with Gasteiger partial charge in [0.1, 0.15) is 11.3 Å². The summed E-state index contributed by atoms with van der Waals surface area (Å²) in [6.07, 6.45) is 0.607. The molecule has 1 heterocycles. The Bertz CT molecular complexity index is 1400. The maximum Gasteiger partial charge on any atom is 0.342 e. The highest BCUT2D eigenvalue weighted by Crippen LogP contribution is 2.34. The van der Waals surface area contributed by atoms with E-state index in [0.717, 1.165) is 16.7 Å². The minimum atomic E-state index is -3.92. The van der Waals surface area contributed by atoms with E-state index in [1.165, 1.54) is 29.6 Å². The first-order chi connectivity index (χ1) is 16.7. The van der Waals surface area contributed by atoms with Crippen LogP contribution in [0.4, 0.5) is 11.4 Å². The van der Waals surface area contributed by atoms with E-state index in [-0.39, 0.29) is 16.2 Å². The second kappa shape index (κ2) is 9.79. The van der Waals surface area contributed by atoms with Gasteiger partial charge in [0.15, 0.2) is 6.61 Å². The molecule has 4 rings (SSSR count). The predicted molar refractivity (Wildman–Crippen MR) is 132 cm³/mol. The molecule has 9 heteroatoms. The Hall–Kier alpha value is -3.85. The van der Waals surface area contributed by atoms with E-state index in [1.807, 2.05) is 38.1 Å². The van der Waals surface area contributed by atoms with Gasteiger partial charge >= 0.3 is 5.97 Å². The molecule has 0 bridgehead atoms. The average Bonchev–Trinajstić information content (AvgIpc) is 3.29. The van der Waals surface area contributed by atoms with Crippen LogP contribution in [-0.4, -0.2) is 40.6 Å². The Morgan fingerprint density at radius 1 is 1.00 bits per heavy atom. The number of ether oxygens (including phenoxy) is 2. The van der Waals surface area contributed by atoms with Gasteiger partial charge in [0.05, 0.1) is 17.7 Å². The number of hydrogen-bond acceptors (Lipinski definition) is 6. The fraction of sp³-hybridized carbons (Fsp3) is 0.231. The summed E-state index contributed by atoms with van der Waals surface area (Å²) in [6.45, 7) is 3.67.